The summed E-state index contributed by atoms with van der Waals surface area (Å²) in [5.74, 6) is 0.841. The highest BCUT2D eigenvalue weighted by molar-refractivity contribution is 6.01. The number of hydrogen-bond donors (Lipinski definition) is 2. The maximum atomic E-state index is 8.83. The van der Waals surface area contributed by atoms with Crippen molar-refractivity contribution in [3.63, 3.8) is 0 Å². The number of nitrogens with two attached hydrogens (primary N) is 1. The highest BCUT2D eigenvalue weighted by Gasteiger charge is 2.23. The Kier molecular flexibility index (Phi) is 4.21. The number of oxime groups is 1. The van der Waals surface area contributed by atoms with Crippen molar-refractivity contribution in [2.45, 2.75) is 18.9 Å². The van der Waals surface area contributed by atoms with E-state index in [9.17, 15) is 0 Å². The van der Waals surface area contributed by atoms with Crippen LogP contribution in [-0.2, 0) is 0 Å². The molecule has 1 aromatic heterocycles. The number of anilines is 1. The molecule has 104 valence electrons. The molecule has 1 aromatic rings. The maximum absolute atomic E-state index is 8.83. The number of pyridine rings is 1. The Labute approximate surface area is 113 Å². The summed E-state index contributed by atoms with van der Waals surface area (Å²) in [4.78, 5) is 8.78. The van der Waals surface area contributed by atoms with Gasteiger partial charge in [-0.1, -0.05) is 5.16 Å². The van der Waals surface area contributed by atoms with E-state index in [-0.39, 0.29) is 5.84 Å². The van der Waals surface area contributed by atoms with E-state index in [1.165, 1.54) is 12.8 Å². The predicted molar refractivity (Wildman–Crippen MR) is 75.7 cm³/mol. The highest BCUT2D eigenvalue weighted by Crippen LogP contribution is 2.20. The van der Waals surface area contributed by atoms with Gasteiger partial charge in [0.15, 0.2) is 5.84 Å². The lowest BCUT2D eigenvalue weighted by Crippen LogP contribution is -2.37. The van der Waals surface area contributed by atoms with Gasteiger partial charge in [0.25, 0.3) is 0 Å². The zero-order valence-electron chi connectivity index (χ0n) is 11.5. The molecule has 0 aromatic carbocycles. The van der Waals surface area contributed by atoms with Crippen molar-refractivity contribution in [2.75, 3.05) is 32.1 Å². The van der Waals surface area contributed by atoms with Gasteiger partial charge in [-0.15, -0.1) is 0 Å². The van der Waals surface area contributed by atoms with Crippen molar-refractivity contribution in [3.8, 4) is 0 Å². The lowest BCUT2D eigenvalue weighted by molar-refractivity contribution is 0.313. The summed E-state index contributed by atoms with van der Waals surface area (Å²) >= 11 is 0. The average molecular weight is 263 g/mol. The number of rotatable bonds is 4. The van der Waals surface area contributed by atoms with E-state index in [2.05, 4.69) is 27.0 Å². The fourth-order valence-corrected chi connectivity index (χ4v) is 2.57. The Morgan fingerprint density at radius 2 is 2.47 bits per heavy atom. The van der Waals surface area contributed by atoms with Crippen LogP contribution >= 0.6 is 0 Å². The van der Waals surface area contributed by atoms with Gasteiger partial charge in [0.1, 0.15) is 5.82 Å². The Bertz CT molecular complexity index is 462. The SMILES string of the molecule is CN(CC1CCCN1C)c1ncccc1C(N)=NO. The molecular weight excluding hydrogens is 242 g/mol. The van der Waals surface area contributed by atoms with Gasteiger partial charge in [0.2, 0.25) is 0 Å². The van der Waals surface area contributed by atoms with Crippen LogP contribution in [0, 0.1) is 0 Å². The van der Waals surface area contributed by atoms with Crippen LogP contribution in [0.4, 0.5) is 5.82 Å². The third-order valence-electron chi connectivity index (χ3n) is 3.69. The summed E-state index contributed by atoms with van der Waals surface area (Å²) in [6, 6.07) is 4.13. The van der Waals surface area contributed by atoms with E-state index in [0.717, 1.165) is 18.9 Å². The minimum Gasteiger partial charge on any atom is -0.409 e. The molecule has 1 atom stereocenters. The zero-order valence-corrected chi connectivity index (χ0v) is 11.5. The number of hydrogen-bond acceptors (Lipinski definition) is 5. The molecule has 2 rings (SSSR count). The molecule has 0 radical (unpaired) electrons. The maximum Gasteiger partial charge on any atom is 0.173 e. The molecule has 2 heterocycles. The standard InChI is InChI=1S/C13H21N5O/c1-17-8-4-5-10(17)9-18(2)13-11(12(14)16-19)6-3-7-15-13/h3,6-7,10,19H,4-5,8-9H2,1-2H3,(H2,14,16). The molecule has 6 heteroatoms. The first kappa shape index (κ1) is 13.6. The molecule has 1 unspecified atom stereocenters. The largest absolute Gasteiger partial charge is 0.409 e. The van der Waals surface area contributed by atoms with E-state index in [0.29, 0.717) is 11.6 Å². The fraction of sp³-hybridized carbons (Fsp3) is 0.538. The number of amidine groups is 1. The van der Waals surface area contributed by atoms with E-state index in [4.69, 9.17) is 10.9 Å². The summed E-state index contributed by atoms with van der Waals surface area (Å²) in [7, 11) is 4.14. The van der Waals surface area contributed by atoms with Gasteiger partial charge >= 0.3 is 0 Å². The number of aromatic nitrogens is 1. The third kappa shape index (κ3) is 2.96. The van der Waals surface area contributed by atoms with Crippen molar-refractivity contribution in [1.82, 2.24) is 9.88 Å². The summed E-state index contributed by atoms with van der Waals surface area (Å²) in [5, 5.41) is 11.9. The molecule has 0 aliphatic carbocycles. The van der Waals surface area contributed by atoms with E-state index >= 15 is 0 Å². The number of likely N-dealkylation sites (tertiary alicyclic amines) is 1. The number of nitrogens with zero attached hydrogens (tertiary/aromatic N) is 4. The molecule has 0 bridgehead atoms. The van der Waals surface area contributed by atoms with Gasteiger partial charge in [0, 0.05) is 25.8 Å². The van der Waals surface area contributed by atoms with Crippen LogP contribution in [0.25, 0.3) is 0 Å². The van der Waals surface area contributed by atoms with Gasteiger partial charge in [0.05, 0.1) is 5.56 Å². The van der Waals surface area contributed by atoms with E-state index in [1.807, 2.05) is 13.1 Å². The molecular formula is C13H21N5O. The molecule has 1 aliphatic heterocycles. The normalized spacial score (nSPS) is 20.7. The molecule has 0 saturated carbocycles. The Hall–Kier alpha value is -1.82. The second-order valence-corrected chi connectivity index (χ2v) is 5.02. The minimum absolute atomic E-state index is 0.0923. The Morgan fingerprint density at radius 3 is 3.11 bits per heavy atom. The highest BCUT2D eigenvalue weighted by atomic mass is 16.4. The van der Waals surface area contributed by atoms with Crippen molar-refractivity contribution in [3.05, 3.63) is 23.9 Å². The Balaban J connectivity index is 2.16. The first-order valence-electron chi connectivity index (χ1n) is 6.47. The molecule has 1 saturated heterocycles. The summed E-state index contributed by atoms with van der Waals surface area (Å²) in [6.07, 6.45) is 4.16. The summed E-state index contributed by atoms with van der Waals surface area (Å²) in [6.45, 7) is 2.03. The Morgan fingerprint density at radius 1 is 1.68 bits per heavy atom. The lowest BCUT2D eigenvalue weighted by Gasteiger charge is -2.27. The van der Waals surface area contributed by atoms with Gasteiger partial charge in [-0.3, -0.25) is 0 Å². The molecule has 6 nitrogen and oxygen atoms in total. The van der Waals surface area contributed by atoms with Crippen LogP contribution in [0.5, 0.6) is 0 Å². The van der Waals surface area contributed by atoms with Crippen molar-refractivity contribution < 1.29 is 5.21 Å². The molecule has 0 spiro atoms. The van der Waals surface area contributed by atoms with Crippen molar-refractivity contribution >= 4 is 11.7 Å². The van der Waals surface area contributed by atoms with Crippen LogP contribution in [0.3, 0.4) is 0 Å². The van der Waals surface area contributed by atoms with Gasteiger partial charge in [-0.05, 0) is 38.6 Å². The molecule has 19 heavy (non-hydrogen) atoms. The van der Waals surface area contributed by atoms with Crippen molar-refractivity contribution in [2.24, 2.45) is 10.9 Å². The fourth-order valence-electron chi connectivity index (χ4n) is 2.57. The van der Waals surface area contributed by atoms with Crippen molar-refractivity contribution in [1.29, 1.82) is 0 Å². The molecule has 0 amide bonds. The number of likely N-dealkylation sites (N-methyl/N-ethyl adjacent to an activating group) is 2. The molecule has 3 N–H and O–H groups in total. The van der Waals surface area contributed by atoms with Gasteiger partial charge in [-0.25, -0.2) is 4.98 Å². The van der Waals surface area contributed by atoms with Crippen LogP contribution < -0.4 is 10.6 Å². The quantitative estimate of drug-likeness (QED) is 0.362. The minimum atomic E-state index is 0.0923. The van der Waals surface area contributed by atoms with E-state index < -0.39 is 0 Å². The first-order chi connectivity index (χ1) is 9.13. The lowest BCUT2D eigenvalue weighted by atomic mass is 10.2. The summed E-state index contributed by atoms with van der Waals surface area (Å²) in [5.41, 5.74) is 6.35. The van der Waals surface area contributed by atoms with E-state index in [1.54, 1.807) is 12.3 Å². The molecule has 1 fully saturated rings. The zero-order chi connectivity index (χ0) is 13.8. The van der Waals surface area contributed by atoms with Crippen LogP contribution in [0.2, 0.25) is 0 Å². The first-order valence-corrected chi connectivity index (χ1v) is 6.47. The van der Waals surface area contributed by atoms with Gasteiger partial charge in [-0.2, -0.15) is 0 Å². The second kappa shape index (κ2) is 5.88. The topological polar surface area (TPSA) is 78.0 Å². The average Bonchev–Trinajstić information content (AvgIpc) is 2.83. The third-order valence-corrected chi connectivity index (χ3v) is 3.69. The summed E-state index contributed by atoms with van der Waals surface area (Å²) < 4.78 is 0. The monoisotopic (exact) mass is 263 g/mol. The second-order valence-electron chi connectivity index (χ2n) is 5.02. The smallest absolute Gasteiger partial charge is 0.173 e. The van der Waals surface area contributed by atoms with Crippen LogP contribution in [0.15, 0.2) is 23.5 Å². The molecule has 1 aliphatic rings. The van der Waals surface area contributed by atoms with Gasteiger partial charge < -0.3 is 20.7 Å². The van der Waals surface area contributed by atoms with Crippen LogP contribution in [0.1, 0.15) is 18.4 Å². The van der Waals surface area contributed by atoms with Crippen LogP contribution in [-0.4, -0.2) is 54.2 Å². The predicted octanol–water partition coefficient (Wildman–Crippen LogP) is 0.706.